The maximum absolute atomic E-state index is 13.4. The second kappa shape index (κ2) is 5.40. The minimum atomic E-state index is -0.794. The molecule has 0 bridgehead atoms. The van der Waals surface area contributed by atoms with Gasteiger partial charge in [-0.1, -0.05) is 6.07 Å². The average molecular weight is 279 g/mol. The lowest BCUT2D eigenvalue weighted by atomic mass is 10.1. The average Bonchev–Trinajstić information content (AvgIpc) is 2.61. The van der Waals surface area contributed by atoms with E-state index >= 15 is 0 Å². The van der Waals surface area contributed by atoms with Crippen molar-refractivity contribution >= 4 is 11.6 Å². The molecule has 0 aliphatic heterocycles. The summed E-state index contributed by atoms with van der Waals surface area (Å²) in [4.78, 5) is 11.9. The Labute approximate surface area is 115 Å². The Bertz CT molecular complexity index is 644. The van der Waals surface area contributed by atoms with Crippen LogP contribution in [-0.4, -0.2) is 15.7 Å². The summed E-state index contributed by atoms with van der Waals surface area (Å²) >= 11 is 0. The van der Waals surface area contributed by atoms with Gasteiger partial charge >= 0.3 is 0 Å². The van der Waals surface area contributed by atoms with Crippen molar-refractivity contribution in [1.29, 1.82) is 0 Å². The third-order valence-corrected chi connectivity index (χ3v) is 3.22. The standard InChI is InChI=1S/C14H15F2N3O/c1-8-10(9(2)19(3)18-8)7-13(20)17-14-11(15)5-4-6-12(14)16/h4-6H,7H2,1-3H3,(H,17,20). The van der Waals surface area contributed by atoms with Crippen molar-refractivity contribution in [2.45, 2.75) is 20.3 Å². The number of para-hydroxylation sites is 1. The number of anilines is 1. The Morgan fingerprint density at radius 1 is 1.30 bits per heavy atom. The molecule has 0 fully saturated rings. The van der Waals surface area contributed by atoms with Crippen LogP contribution in [0.4, 0.5) is 14.5 Å². The van der Waals surface area contributed by atoms with Gasteiger partial charge in [0.2, 0.25) is 5.91 Å². The van der Waals surface area contributed by atoms with Gasteiger partial charge in [0.15, 0.2) is 0 Å². The summed E-state index contributed by atoms with van der Waals surface area (Å²) in [6, 6.07) is 3.44. The van der Waals surface area contributed by atoms with E-state index in [1.54, 1.807) is 18.7 Å². The highest BCUT2D eigenvalue weighted by molar-refractivity contribution is 5.92. The first-order chi connectivity index (χ1) is 9.40. The predicted molar refractivity (Wildman–Crippen MR) is 71.4 cm³/mol. The molecule has 106 valence electrons. The van der Waals surface area contributed by atoms with E-state index in [1.807, 2.05) is 6.92 Å². The number of aryl methyl sites for hydroxylation is 2. The highest BCUT2D eigenvalue weighted by Crippen LogP contribution is 2.19. The molecule has 0 atom stereocenters. The zero-order valence-corrected chi connectivity index (χ0v) is 11.5. The zero-order chi connectivity index (χ0) is 14.9. The van der Waals surface area contributed by atoms with Gasteiger partial charge in [-0.2, -0.15) is 5.10 Å². The van der Waals surface area contributed by atoms with Gasteiger partial charge in [-0.3, -0.25) is 9.48 Å². The van der Waals surface area contributed by atoms with E-state index in [1.165, 1.54) is 6.07 Å². The van der Waals surface area contributed by atoms with Crippen molar-refractivity contribution in [3.8, 4) is 0 Å². The molecule has 0 aliphatic rings. The number of rotatable bonds is 3. The topological polar surface area (TPSA) is 46.9 Å². The number of nitrogens with zero attached hydrogens (tertiary/aromatic N) is 2. The second-order valence-electron chi connectivity index (χ2n) is 4.59. The fourth-order valence-electron chi connectivity index (χ4n) is 2.03. The Balaban J connectivity index is 2.18. The number of hydrogen-bond acceptors (Lipinski definition) is 2. The molecular weight excluding hydrogens is 264 g/mol. The second-order valence-corrected chi connectivity index (χ2v) is 4.59. The lowest BCUT2D eigenvalue weighted by Crippen LogP contribution is -2.17. The Morgan fingerprint density at radius 3 is 2.40 bits per heavy atom. The molecule has 1 aromatic heterocycles. The molecule has 6 heteroatoms. The van der Waals surface area contributed by atoms with Crippen LogP contribution in [0.1, 0.15) is 17.0 Å². The molecule has 0 aliphatic carbocycles. The molecule has 0 radical (unpaired) electrons. The molecule has 1 aromatic carbocycles. The highest BCUT2D eigenvalue weighted by Gasteiger charge is 2.16. The number of carbonyl (C=O) groups excluding carboxylic acids is 1. The van der Waals surface area contributed by atoms with Crippen molar-refractivity contribution in [2.75, 3.05) is 5.32 Å². The van der Waals surface area contributed by atoms with Crippen LogP contribution in [0.15, 0.2) is 18.2 Å². The third kappa shape index (κ3) is 2.68. The number of nitrogens with one attached hydrogen (secondary N) is 1. The van der Waals surface area contributed by atoms with Crippen LogP contribution in [0.3, 0.4) is 0 Å². The normalized spacial score (nSPS) is 10.7. The first-order valence-corrected chi connectivity index (χ1v) is 6.13. The van der Waals surface area contributed by atoms with Crippen LogP contribution in [0.2, 0.25) is 0 Å². The minimum absolute atomic E-state index is 0.0271. The predicted octanol–water partition coefficient (Wildman–Crippen LogP) is 2.50. The Kier molecular flexibility index (Phi) is 3.83. The first-order valence-electron chi connectivity index (χ1n) is 6.13. The molecule has 2 rings (SSSR count). The van der Waals surface area contributed by atoms with Crippen molar-refractivity contribution in [1.82, 2.24) is 9.78 Å². The van der Waals surface area contributed by atoms with Gasteiger partial charge in [0, 0.05) is 18.3 Å². The number of amides is 1. The summed E-state index contributed by atoms with van der Waals surface area (Å²) in [5.41, 5.74) is 1.93. The van der Waals surface area contributed by atoms with E-state index < -0.39 is 23.2 Å². The maximum Gasteiger partial charge on any atom is 0.229 e. The van der Waals surface area contributed by atoms with E-state index in [9.17, 15) is 13.6 Å². The SMILES string of the molecule is Cc1nn(C)c(C)c1CC(=O)Nc1c(F)cccc1F. The number of hydrogen-bond donors (Lipinski definition) is 1. The zero-order valence-electron chi connectivity index (χ0n) is 11.5. The fraction of sp³-hybridized carbons (Fsp3) is 0.286. The van der Waals surface area contributed by atoms with E-state index in [4.69, 9.17) is 0 Å². The summed E-state index contributed by atoms with van der Waals surface area (Å²) in [6.07, 6.45) is 0.0271. The third-order valence-electron chi connectivity index (χ3n) is 3.22. The monoisotopic (exact) mass is 279 g/mol. The molecule has 0 saturated carbocycles. The summed E-state index contributed by atoms with van der Waals surface area (Å²) < 4.78 is 28.6. The molecule has 1 heterocycles. The van der Waals surface area contributed by atoms with Gasteiger partial charge in [0.1, 0.15) is 17.3 Å². The maximum atomic E-state index is 13.4. The molecule has 2 aromatic rings. The van der Waals surface area contributed by atoms with Crippen LogP contribution in [0.25, 0.3) is 0 Å². The Hall–Kier alpha value is -2.24. The van der Waals surface area contributed by atoms with Crippen LogP contribution in [0.5, 0.6) is 0 Å². The molecule has 0 unspecified atom stereocenters. The van der Waals surface area contributed by atoms with Crippen LogP contribution < -0.4 is 5.32 Å². The van der Waals surface area contributed by atoms with Gasteiger partial charge in [-0.05, 0) is 26.0 Å². The summed E-state index contributed by atoms with van der Waals surface area (Å²) in [7, 11) is 1.78. The van der Waals surface area contributed by atoms with Crippen molar-refractivity contribution in [3.05, 3.63) is 46.8 Å². The van der Waals surface area contributed by atoms with E-state index in [-0.39, 0.29) is 6.42 Å². The van der Waals surface area contributed by atoms with Crippen LogP contribution in [-0.2, 0) is 18.3 Å². The minimum Gasteiger partial charge on any atom is -0.321 e. The molecule has 1 amide bonds. The van der Waals surface area contributed by atoms with Crippen LogP contribution >= 0.6 is 0 Å². The molecule has 20 heavy (non-hydrogen) atoms. The van der Waals surface area contributed by atoms with Gasteiger partial charge in [0.25, 0.3) is 0 Å². The van der Waals surface area contributed by atoms with Crippen LogP contribution in [0, 0.1) is 25.5 Å². The number of halogens is 2. The van der Waals surface area contributed by atoms with Gasteiger partial charge in [-0.25, -0.2) is 8.78 Å². The van der Waals surface area contributed by atoms with Gasteiger partial charge < -0.3 is 5.32 Å². The summed E-state index contributed by atoms with van der Waals surface area (Å²) in [5.74, 6) is -2.07. The Morgan fingerprint density at radius 2 is 1.90 bits per heavy atom. The molecule has 4 nitrogen and oxygen atoms in total. The smallest absolute Gasteiger partial charge is 0.229 e. The largest absolute Gasteiger partial charge is 0.321 e. The van der Waals surface area contributed by atoms with E-state index in [0.29, 0.717) is 0 Å². The quantitative estimate of drug-likeness (QED) is 0.938. The highest BCUT2D eigenvalue weighted by atomic mass is 19.1. The summed E-state index contributed by atoms with van der Waals surface area (Å²) in [6.45, 7) is 3.63. The number of benzene rings is 1. The van der Waals surface area contributed by atoms with Crippen molar-refractivity contribution in [3.63, 3.8) is 0 Å². The molecule has 0 spiro atoms. The summed E-state index contributed by atoms with van der Waals surface area (Å²) in [5, 5.41) is 6.46. The lowest BCUT2D eigenvalue weighted by molar-refractivity contribution is -0.115. The first kappa shape index (κ1) is 14.2. The van der Waals surface area contributed by atoms with Crippen molar-refractivity contribution in [2.24, 2.45) is 7.05 Å². The number of aromatic nitrogens is 2. The van der Waals surface area contributed by atoms with Crippen molar-refractivity contribution < 1.29 is 13.6 Å². The molecular formula is C14H15F2N3O. The number of carbonyl (C=O) groups is 1. The molecule has 0 saturated heterocycles. The molecule has 1 N–H and O–H groups in total. The fourth-order valence-corrected chi connectivity index (χ4v) is 2.03. The lowest BCUT2D eigenvalue weighted by Gasteiger charge is -2.07. The van der Waals surface area contributed by atoms with E-state index in [2.05, 4.69) is 10.4 Å². The van der Waals surface area contributed by atoms with Gasteiger partial charge in [0.05, 0.1) is 12.1 Å². The van der Waals surface area contributed by atoms with Gasteiger partial charge in [-0.15, -0.1) is 0 Å². The van der Waals surface area contributed by atoms with E-state index in [0.717, 1.165) is 29.1 Å².